The quantitative estimate of drug-likeness (QED) is 0.0747. The van der Waals surface area contributed by atoms with Crippen molar-refractivity contribution in [2.24, 2.45) is 16.7 Å². The molecule has 15 heteroatoms. The first-order valence-corrected chi connectivity index (χ1v) is 13.0. The van der Waals surface area contributed by atoms with Gasteiger partial charge in [0.1, 0.15) is 18.1 Å². The molecule has 8 N–H and O–H groups in total. The maximum atomic E-state index is 12.6. The van der Waals surface area contributed by atoms with Crippen LogP contribution in [0.25, 0.3) is 11.2 Å². The van der Waals surface area contributed by atoms with Crippen molar-refractivity contribution in [3.05, 3.63) is 59.5 Å². The number of anilines is 1. The number of rotatable bonds is 11. The van der Waals surface area contributed by atoms with Gasteiger partial charge in [0, 0.05) is 29.5 Å². The highest BCUT2D eigenvalue weighted by atomic mass is 32.2. The van der Waals surface area contributed by atoms with Crippen LogP contribution < -0.4 is 27.6 Å². The number of allylic oxidation sites excluding steroid dienone is 1. The smallest absolute Gasteiger partial charge is 0.233 e. The number of sulfonamides is 1. The van der Waals surface area contributed by atoms with Crippen molar-refractivity contribution in [2.45, 2.75) is 38.0 Å². The zero-order valence-corrected chi connectivity index (χ0v) is 20.6. The zero-order valence-electron chi connectivity index (χ0n) is 19.8. The van der Waals surface area contributed by atoms with Crippen LogP contribution in [0, 0.1) is 0 Å². The van der Waals surface area contributed by atoms with E-state index in [1.54, 1.807) is 35.2 Å². The average Bonchev–Trinajstić information content (AvgIpc) is 3.53. The Labute approximate surface area is 213 Å². The molecule has 3 aromatic rings. The number of fused-ring (bicyclic) bond motifs is 1. The van der Waals surface area contributed by atoms with E-state index < -0.39 is 10.0 Å². The Bertz CT molecular complexity index is 1440. The van der Waals surface area contributed by atoms with Crippen LogP contribution in [0.15, 0.2) is 53.5 Å². The van der Waals surface area contributed by atoms with Crippen LogP contribution in [-0.2, 0) is 14.8 Å². The van der Waals surface area contributed by atoms with Gasteiger partial charge in [-0.15, -0.1) is 5.10 Å². The number of hydrogen-bond donors (Lipinski definition) is 5. The normalized spacial score (nSPS) is 18.6. The van der Waals surface area contributed by atoms with Gasteiger partial charge in [-0.3, -0.25) is 9.36 Å². The fraction of sp³-hybridized carbons (Fsp3) is 0.318. The molecule has 37 heavy (non-hydrogen) atoms. The molecule has 0 spiro atoms. The number of nitrogen functional groups attached to an aromatic ring is 1. The molecule has 2 aromatic heterocycles. The number of nitrogens with two attached hydrogens (primary N) is 3. The molecule has 0 amide bonds. The van der Waals surface area contributed by atoms with Crippen molar-refractivity contribution in [3.8, 4) is 0 Å². The highest BCUT2D eigenvalue weighted by Gasteiger charge is 2.29. The van der Waals surface area contributed by atoms with Crippen molar-refractivity contribution in [3.63, 3.8) is 0 Å². The standard InChI is InChI=1S/C22H28N10O4S/c23-20(30-31-25)16-6-2-1-5-15(16)17(33)7-3-4-10-37(34,35)29-11-14-8-9-18(36-14)32-13-28-19-21(24)26-12-27-22(19)32/h1-2,4-6,10,12-14,18,29,31H,3,7-9,11,25H2,(H2,23,30)(H2,24,26,27)/b10-4+. The summed E-state index contributed by atoms with van der Waals surface area (Å²) in [6.45, 7) is 0.104. The number of hydrazone groups is 1. The second kappa shape index (κ2) is 11.4. The summed E-state index contributed by atoms with van der Waals surface area (Å²) in [5.41, 5.74) is 15.6. The van der Waals surface area contributed by atoms with Crippen LogP contribution in [0.3, 0.4) is 0 Å². The predicted octanol–water partition coefficient (Wildman–Crippen LogP) is 0.266. The Morgan fingerprint density at radius 1 is 1.22 bits per heavy atom. The monoisotopic (exact) mass is 528 g/mol. The number of hydrazine groups is 1. The SMILES string of the molecule is NN/N=C(\N)c1ccccc1C(=O)CC/C=C/S(=O)(=O)NCC1CCC(n2cnc3c(N)ncnc32)O1. The van der Waals surface area contributed by atoms with Gasteiger partial charge in [0.2, 0.25) is 10.0 Å². The van der Waals surface area contributed by atoms with Crippen molar-refractivity contribution >= 4 is 38.6 Å². The number of nitrogens with one attached hydrogen (secondary N) is 2. The summed E-state index contributed by atoms with van der Waals surface area (Å²) >= 11 is 0. The topological polar surface area (TPSA) is 219 Å². The van der Waals surface area contributed by atoms with Crippen molar-refractivity contribution in [1.29, 1.82) is 0 Å². The molecule has 2 unspecified atom stereocenters. The number of amidine groups is 1. The van der Waals surface area contributed by atoms with E-state index in [4.69, 9.17) is 22.0 Å². The minimum atomic E-state index is -3.71. The molecule has 1 fully saturated rings. The van der Waals surface area contributed by atoms with Crippen LogP contribution in [-0.4, -0.2) is 52.2 Å². The summed E-state index contributed by atoms with van der Waals surface area (Å²) < 4.78 is 35.1. The Kier molecular flexibility index (Phi) is 8.08. The molecule has 0 saturated carbocycles. The predicted molar refractivity (Wildman–Crippen MR) is 137 cm³/mol. The van der Waals surface area contributed by atoms with Crippen LogP contribution in [0.5, 0.6) is 0 Å². The van der Waals surface area contributed by atoms with Crippen LogP contribution in [0.2, 0.25) is 0 Å². The zero-order chi connectivity index (χ0) is 26.4. The van der Waals surface area contributed by atoms with Gasteiger partial charge in [0.25, 0.3) is 0 Å². The third-order valence-electron chi connectivity index (χ3n) is 5.80. The average molecular weight is 529 g/mol. The van der Waals surface area contributed by atoms with Gasteiger partial charge in [0.15, 0.2) is 23.1 Å². The maximum absolute atomic E-state index is 12.6. The Hall–Kier alpha value is -3.92. The molecule has 0 bridgehead atoms. The third-order valence-corrected chi connectivity index (χ3v) is 6.92. The third kappa shape index (κ3) is 6.26. The van der Waals surface area contributed by atoms with Gasteiger partial charge < -0.3 is 16.2 Å². The number of carbonyl (C=O) groups excluding carboxylic acids is 1. The molecule has 4 rings (SSSR count). The molecule has 14 nitrogen and oxygen atoms in total. The Morgan fingerprint density at radius 3 is 2.78 bits per heavy atom. The van der Waals surface area contributed by atoms with Crippen LogP contribution in [0.1, 0.15) is 47.8 Å². The minimum absolute atomic E-state index is 0.0729. The maximum Gasteiger partial charge on any atom is 0.233 e. The van der Waals surface area contributed by atoms with E-state index in [1.807, 2.05) is 0 Å². The van der Waals surface area contributed by atoms with Gasteiger partial charge in [-0.2, -0.15) is 0 Å². The van der Waals surface area contributed by atoms with Gasteiger partial charge in [-0.1, -0.05) is 30.3 Å². The number of benzene rings is 1. The number of Topliss-reactive ketones (excluding diaryl/α,β-unsaturated/α-hetero) is 1. The van der Waals surface area contributed by atoms with E-state index in [2.05, 4.69) is 30.3 Å². The van der Waals surface area contributed by atoms with Crippen molar-refractivity contribution in [1.82, 2.24) is 29.8 Å². The number of ether oxygens (including phenoxy) is 1. The number of imidazole rings is 1. The van der Waals surface area contributed by atoms with E-state index in [-0.39, 0.29) is 49.2 Å². The molecule has 2 atom stereocenters. The molecule has 1 aliphatic heterocycles. The van der Waals surface area contributed by atoms with Crippen molar-refractivity contribution in [2.75, 3.05) is 12.3 Å². The number of nitrogens with zero attached hydrogens (tertiary/aromatic N) is 5. The summed E-state index contributed by atoms with van der Waals surface area (Å²) in [6, 6.07) is 6.71. The first-order valence-electron chi connectivity index (χ1n) is 11.4. The number of carbonyl (C=O) groups is 1. The fourth-order valence-electron chi connectivity index (χ4n) is 4.00. The van der Waals surface area contributed by atoms with Crippen LogP contribution >= 0.6 is 0 Å². The second-order valence-corrected chi connectivity index (χ2v) is 9.92. The minimum Gasteiger partial charge on any atom is -0.382 e. The fourth-order valence-corrected chi connectivity index (χ4v) is 4.91. The molecule has 3 heterocycles. The Balaban J connectivity index is 1.27. The Morgan fingerprint density at radius 2 is 2.00 bits per heavy atom. The molecule has 196 valence electrons. The molecule has 1 aliphatic rings. The van der Waals surface area contributed by atoms with Gasteiger partial charge in [-0.05, 0) is 19.3 Å². The van der Waals surface area contributed by atoms with E-state index >= 15 is 0 Å². The lowest BCUT2D eigenvalue weighted by Gasteiger charge is -2.15. The molecule has 0 aliphatic carbocycles. The van der Waals surface area contributed by atoms with Crippen molar-refractivity contribution < 1.29 is 17.9 Å². The van der Waals surface area contributed by atoms with Gasteiger partial charge in [0.05, 0.1) is 12.4 Å². The summed E-state index contributed by atoms with van der Waals surface area (Å²) in [4.78, 5) is 25.0. The molecular weight excluding hydrogens is 500 g/mol. The molecule has 0 radical (unpaired) electrons. The largest absolute Gasteiger partial charge is 0.382 e. The summed E-state index contributed by atoms with van der Waals surface area (Å²) in [7, 11) is -3.71. The lowest BCUT2D eigenvalue weighted by atomic mass is 10.00. The van der Waals surface area contributed by atoms with E-state index in [0.717, 1.165) is 5.41 Å². The van der Waals surface area contributed by atoms with E-state index in [9.17, 15) is 13.2 Å². The van der Waals surface area contributed by atoms with Gasteiger partial charge >= 0.3 is 0 Å². The first kappa shape index (κ1) is 26.2. The number of aromatic nitrogens is 4. The highest BCUT2D eigenvalue weighted by molar-refractivity contribution is 7.92. The molecule has 1 aromatic carbocycles. The second-order valence-electron chi connectivity index (χ2n) is 8.27. The molecular formula is C22H28N10O4S. The number of ketones is 1. The first-order chi connectivity index (χ1) is 17.8. The van der Waals surface area contributed by atoms with E-state index in [0.29, 0.717) is 35.1 Å². The summed E-state index contributed by atoms with van der Waals surface area (Å²) in [5, 5.41) is 4.75. The lowest BCUT2D eigenvalue weighted by Crippen LogP contribution is -2.30. The number of hydrogen-bond acceptors (Lipinski definition) is 11. The summed E-state index contributed by atoms with van der Waals surface area (Å²) in [5.74, 6) is 5.31. The van der Waals surface area contributed by atoms with Crippen LogP contribution in [0.4, 0.5) is 5.82 Å². The summed E-state index contributed by atoms with van der Waals surface area (Å²) in [6.07, 6.45) is 5.35. The van der Waals surface area contributed by atoms with E-state index in [1.165, 1.54) is 12.4 Å². The lowest BCUT2D eigenvalue weighted by molar-refractivity contribution is 0.00714. The highest BCUT2D eigenvalue weighted by Crippen LogP contribution is 2.30. The molecule has 1 saturated heterocycles. The van der Waals surface area contributed by atoms with Gasteiger partial charge in [-0.25, -0.2) is 39.5 Å².